The fourth-order valence-electron chi connectivity index (χ4n) is 1.93. The largest absolute Gasteiger partial charge is 0.465 e. The minimum Gasteiger partial charge on any atom is -0.465 e. The number of carbonyl (C=O) groups excluding carboxylic acids is 2. The number of esters is 1. The molecular weight excluding hydrogens is 266 g/mol. The average Bonchev–Trinajstić information content (AvgIpc) is 2.74. The Balaban J connectivity index is 2.23. The molecule has 0 saturated carbocycles. The Morgan fingerprint density at radius 1 is 1.55 bits per heavy atom. The van der Waals surface area contributed by atoms with Crippen LogP contribution in [0.1, 0.15) is 12.5 Å². The molecule has 8 nitrogen and oxygen atoms in total. The van der Waals surface area contributed by atoms with Gasteiger partial charge < -0.3 is 15.4 Å². The maximum absolute atomic E-state index is 11.3. The highest BCUT2D eigenvalue weighted by Crippen LogP contribution is 2.34. The second kappa shape index (κ2) is 5.55. The van der Waals surface area contributed by atoms with Crippen molar-refractivity contribution in [2.24, 2.45) is 0 Å². The first-order valence-electron chi connectivity index (χ1n) is 6.02. The minimum atomic E-state index is -0.559. The second-order valence-electron chi connectivity index (χ2n) is 4.17. The van der Waals surface area contributed by atoms with Gasteiger partial charge in [-0.15, -0.1) is 0 Å². The quantitative estimate of drug-likeness (QED) is 0.473. The number of nitrogens with one attached hydrogen (secondary N) is 2. The molecule has 2 rings (SSSR count). The van der Waals surface area contributed by atoms with E-state index in [4.69, 9.17) is 4.74 Å². The highest BCUT2D eigenvalue weighted by atomic mass is 16.6. The van der Waals surface area contributed by atoms with Crippen LogP contribution in [0, 0.1) is 10.1 Å². The van der Waals surface area contributed by atoms with E-state index in [1.165, 1.54) is 12.1 Å². The van der Waals surface area contributed by atoms with E-state index in [1.54, 1.807) is 6.92 Å². The number of nitrogens with zero attached hydrogens (tertiary/aromatic N) is 1. The summed E-state index contributed by atoms with van der Waals surface area (Å²) in [4.78, 5) is 33.0. The fraction of sp³-hybridized carbons (Fsp3) is 0.333. The summed E-state index contributed by atoms with van der Waals surface area (Å²) in [6.45, 7) is 1.73. The predicted molar refractivity (Wildman–Crippen MR) is 70.6 cm³/mol. The van der Waals surface area contributed by atoms with Crippen molar-refractivity contribution in [3.05, 3.63) is 27.8 Å². The number of nitro benzene ring substituents is 1. The molecule has 1 amide bonds. The van der Waals surface area contributed by atoms with Crippen molar-refractivity contribution in [1.82, 2.24) is 0 Å². The molecule has 106 valence electrons. The molecular formula is C12H13N3O5. The van der Waals surface area contributed by atoms with Gasteiger partial charge >= 0.3 is 5.97 Å². The molecule has 8 heteroatoms. The molecule has 1 heterocycles. The summed E-state index contributed by atoms with van der Waals surface area (Å²) >= 11 is 0. The number of rotatable bonds is 5. The van der Waals surface area contributed by atoms with Crippen molar-refractivity contribution in [3.8, 4) is 0 Å². The van der Waals surface area contributed by atoms with Crippen molar-refractivity contribution < 1.29 is 19.2 Å². The van der Waals surface area contributed by atoms with Gasteiger partial charge in [0.05, 0.1) is 18.0 Å². The van der Waals surface area contributed by atoms with Gasteiger partial charge in [-0.25, -0.2) is 0 Å². The summed E-state index contributed by atoms with van der Waals surface area (Å²) in [6.07, 6.45) is 0.119. The normalized spacial score (nSPS) is 12.6. The van der Waals surface area contributed by atoms with Crippen LogP contribution in [0.3, 0.4) is 0 Å². The van der Waals surface area contributed by atoms with Crippen LogP contribution in [-0.4, -0.2) is 30.0 Å². The summed E-state index contributed by atoms with van der Waals surface area (Å²) in [5.74, 6) is -0.719. The summed E-state index contributed by atoms with van der Waals surface area (Å²) in [7, 11) is 0. The second-order valence-corrected chi connectivity index (χ2v) is 4.17. The summed E-state index contributed by atoms with van der Waals surface area (Å²) < 4.78 is 4.73. The summed E-state index contributed by atoms with van der Waals surface area (Å²) in [5.41, 5.74) is 1.09. The highest BCUT2D eigenvalue weighted by Gasteiger charge is 2.24. The number of ether oxygens (including phenoxy) is 1. The molecule has 0 fully saturated rings. The first-order chi connectivity index (χ1) is 9.51. The number of amides is 1. The smallest absolute Gasteiger partial charge is 0.325 e. The van der Waals surface area contributed by atoms with E-state index >= 15 is 0 Å². The van der Waals surface area contributed by atoms with Gasteiger partial charge in [0.15, 0.2) is 0 Å². The van der Waals surface area contributed by atoms with Crippen LogP contribution in [0.25, 0.3) is 0 Å². The number of carbonyl (C=O) groups is 2. The van der Waals surface area contributed by atoms with Gasteiger partial charge in [0, 0.05) is 11.8 Å². The van der Waals surface area contributed by atoms with Crippen molar-refractivity contribution in [2.45, 2.75) is 13.3 Å². The molecule has 0 atom stereocenters. The van der Waals surface area contributed by atoms with Crippen LogP contribution in [0.2, 0.25) is 0 Å². The zero-order valence-electron chi connectivity index (χ0n) is 10.8. The maximum Gasteiger partial charge on any atom is 0.325 e. The minimum absolute atomic E-state index is 0.119. The van der Waals surface area contributed by atoms with Crippen molar-refractivity contribution >= 4 is 28.9 Å². The lowest BCUT2D eigenvalue weighted by Gasteiger charge is -2.08. The molecule has 0 saturated heterocycles. The third-order valence-corrected chi connectivity index (χ3v) is 2.77. The third-order valence-electron chi connectivity index (χ3n) is 2.77. The lowest BCUT2D eigenvalue weighted by molar-refractivity contribution is -0.384. The fourth-order valence-corrected chi connectivity index (χ4v) is 1.93. The third kappa shape index (κ3) is 2.85. The monoisotopic (exact) mass is 279 g/mol. The van der Waals surface area contributed by atoms with Gasteiger partial charge in [-0.05, 0) is 18.6 Å². The van der Waals surface area contributed by atoms with Crippen molar-refractivity contribution in [1.29, 1.82) is 0 Å². The van der Waals surface area contributed by atoms with E-state index in [1.807, 2.05) is 0 Å². The molecule has 1 aliphatic rings. The van der Waals surface area contributed by atoms with Crippen LogP contribution in [0.4, 0.5) is 17.1 Å². The molecule has 20 heavy (non-hydrogen) atoms. The van der Waals surface area contributed by atoms with E-state index < -0.39 is 10.9 Å². The van der Waals surface area contributed by atoms with Gasteiger partial charge in [0.2, 0.25) is 5.91 Å². The van der Waals surface area contributed by atoms with Crippen LogP contribution in [0.15, 0.2) is 12.1 Å². The number of fused-ring (bicyclic) bond motifs is 1. The molecule has 0 radical (unpaired) electrons. The molecule has 0 bridgehead atoms. The van der Waals surface area contributed by atoms with Gasteiger partial charge in [0.25, 0.3) is 5.69 Å². The number of benzene rings is 1. The molecule has 1 aliphatic heterocycles. The predicted octanol–water partition coefficient (Wildman–Crippen LogP) is 1.06. The molecule has 1 aromatic carbocycles. The van der Waals surface area contributed by atoms with Crippen LogP contribution < -0.4 is 10.6 Å². The zero-order chi connectivity index (χ0) is 14.7. The van der Waals surface area contributed by atoms with E-state index in [0.29, 0.717) is 11.3 Å². The number of hydrogen-bond donors (Lipinski definition) is 2. The maximum atomic E-state index is 11.3. The summed E-state index contributed by atoms with van der Waals surface area (Å²) in [6, 6.07) is 2.79. The van der Waals surface area contributed by atoms with Crippen LogP contribution >= 0.6 is 0 Å². The molecule has 0 spiro atoms. The van der Waals surface area contributed by atoms with Gasteiger partial charge in [-0.3, -0.25) is 19.7 Å². The van der Waals surface area contributed by atoms with Crippen molar-refractivity contribution in [2.75, 3.05) is 23.8 Å². The molecule has 0 unspecified atom stereocenters. The number of hydrogen-bond acceptors (Lipinski definition) is 6. The first kappa shape index (κ1) is 13.8. The Bertz CT molecular complexity index is 585. The van der Waals surface area contributed by atoms with E-state index in [0.717, 1.165) is 0 Å². The SMILES string of the molecule is CCOC(=O)CNc1cc2c(cc1[N+](=O)[O-])CC(=O)N2. The Morgan fingerprint density at radius 2 is 2.30 bits per heavy atom. The highest BCUT2D eigenvalue weighted by molar-refractivity contribution is 6.00. The average molecular weight is 279 g/mol. The van der Waals surface area contributed by atoms with E-state index in [-0.39, 0.29) is 36.9 Å². The van der Waals surface area contributed by atoms with Crippen molar-refractivity contribution in [3.63, 3.8) is 0 Å². The molecule has 2 N–H and O–H groups in total. The lowest BCUT2D eigenvalue weighted by Crippen LogP contribution is -2.17. The Labute approximate surface area is 114 Å². The van der Waals surface area contributed by atoms with Crippen LogP contribution in [0.5, 0.6) is 0 Å². The molecule has 0 aromatic heterocycles. The van der Waals surface area contributed by atoms with Gasteiger partial charge in [0.1, 0.15) is 12.2 Å². The van der Waals surface area contributed by atoms with Crippen LogP contribution in [-0.2, 0) is 20.7 Å². The molecule has 1 aromatic rings. The molecule has 0 aliphatic carbocycles. The first-order valence-corrected chi connectivity index (χ1v) is 6.02. The van der Waals surface area contributed by atoms with E-state index in [9.17, 15) is 19.7 Å². The van der Waals surface area contributed by atoms with Gasteiger partial charge in [-0.2, -0.15) is 0 Å². The zero-order valence-corrected chi connectivity index (χ0v) is 10.8. The number of nitro groups is 1. The number of anilines is 2. The van der Waals surface area contributed by atoms with E-state index in [2.05, 4.69) is 10.6 Å². The lowest BCUT2D eigenvalue weighted by atomic mass is 10.1. The summed E-state index contributed by atoms with van der Waals surface area (Å²) in [5, 5.41) is 16.3. The van der Waals surface area contributed by atoms with Gasteiger partial charge in [-0.1, -0.05) is 0 Å². The topological polar surface area (TPSA) is 111 Å². The Kier molecular flexibility index (Phi) is 3.83. The Morgan fingerprint density at radius 3 is 2.95 bits per heavy atom. The standard InChI is InChI=1S/C12H13N3O5/c1-2-20-12(17)6-13-9-5-8-7(4-11(16)14-8)3-10(9)15(18)19/h3,5,13H,2,4,6H2,1H3,(H,14,16). The Hall–Kier alpha value is -2.64.